The molecule has 2 fully saturated rings. The van der Waals surface area contributed by atoms with Crippen molar-refractivity contribution in [1.29, 1.82) is 0 Å². The second kappa shape index (κ2) is 3.14. The minimum Gasteiger partial charge on any atom is -0.391 e. The maximum atomic E-state index is 12.0. The van der Waals surface area contributed by atoms with Crippen LogP contribution in [0.2, 0.25) is 0 Å². The molecule has 4 atom stereocenters. The molecule has 2 saturated heterocycles. The first-order valence-electron chi connectivity index (χ1n) is 5.10. The van der Waals surface area contributed by atoms with Gasteiger partial charge in [0.25, 0.3) is 0 Å². The molecule has 2 heterocycles. The van der Waals surface area contributed by atoms with E-state index in [9.17, 15) is 9.90 Å². The van der Waals surface area contributed by atoms with Crippen molar-refractivity contribution in [3.8, 4) is 0 Å². The Labute approximate surface area is 103 Å². The number of hydrogen-bond acceptors (Lipinski definition) is 3. The van der Waals surface area contributed by atoms with Crippen LogP contribution in [-0.2, 0) is 4.79 Å². The highest BCUT2D eigenvalue weighted by Gasteiger charge is 2.69. The third-order valence-corrected chi connectivity index (χ3v) is 7.13. The minimum atomic E-state index is -0.764. The Hall–Kier alpha value is 0.260. The molecule has 2 rings (SSSR count). The summed E-state index contributed by atoms with van der Waals surface area (Å²) in [5.74, 6) is 0.0214. The smallest absolute Gasteiger partial charge is 0.246 e. The number of thioether (sulfide) groups is 1. The molecule has 86 valence electrons. The number of carbonyl (C=O) groups is 1. The number of amides is 1. The highest BCUT2D eigenvalue weighted by molar-refractivity contribution is 9.10. The Kier molecular flexibility index (Phi) is 2.46. The van der Waals surface area contributed by atoms with Gasteiger partial charge >= 0.3 is 0 Å². The van der Waals surface area contributed by atoms with Crippen LogP contribution in [0.15, 0.2) is 0 Å². The maximum Gasteiger partial charge on any atom is 0.246 e. The normalized spacial score (nSPS) is 44.9. The van der Waals surface area contributed by atoms with Crippen molar-refractivity contribution in [3.63, 3.8) is 0 Å². The number of rotatable bonds is 1. The van der Waals surface area contributed by atoms with E-state index in [1.807, 2.05) is 4.90 Å². The topological polar surface area (TPSA) is 40.5 Å². The van der Waals surface area contributed by atoms with Gasteiger partial charge in [0, 0.05) is 10.8 Å². The van der Waals surface area contributed by atoms with Crippen LogP contribution in [-0.4, -0.2) is 42.5 Å². The van der Waals surface area contributed by atoms with E-state index < -0.39 is 10.4 Å². The molecule has 0 aromatic carbocycles. The van der Waals surface area contributed by atoms with Gasteiger partial charge in [-0.15, -0.1) is 11.8 Å². The Morgan fingerprint density at radius 2 is 2.13 bits per heavy atom. The van der Waals surface area contributed by atoms with Gasteiger partial charge in [-0.2, -0.15) is 0 Å². The van der Waals surface area contributed by atoms with Gasteiger partial charge in [-0.05, 0) is 27.7 Å². The fourth-order valence-electron chi connectivity index (χ4n) is 2.17. The lowest BCUT2D eigenvalue weighted by atomic mass is 9.89. The molecule has 2 aliphatic heterocycles. The largest absolute Gasteiger partial charge is 0.391 e. The van der Waals surface area contributed by atoms with Crippen molar-refractivity contribution in [1.82, 2.24) is 4.90 Å². The summed E-state index contributed by atoms with van der Waals surface area (Å²) in [6.45, 7) is 8.02. The first-order valence-corrected chi connectivity index (χ1v) is 6.77. The molecule has 15 heavy (non-hydrogen) atoms. The highest BCUT2D eigenvalue weighted by atomic mass is 79.9. The molecular weight excluding hydrogens is 278 g/mol. The second-order valence-corrected chi connectivity index (χ2v) is 7.95. The van der Waals surface area contributed by atoms with Crippen molar-refractivity contribution < 1.29 is 9.90 Å². The lowest BCUT2D eigenvalue weighted by Gasteiger charge is -2.51. The van der Waals surface area contributed by atoms with Crippen LogP contribution in [0.4, 0.5) is 0 Å². The van der Waals surface area contributed by atoms with E-state index in [1.54, 1.807) is 18.7 Å². The molecule has 0 radical (unpaired) electrons. The lowest BCUT2D eigenvalue weighted by molar-refractivity contribution is -0.153. The van der Waals surface area contributed by atoms with Gasteiger partial charge in [-0.3, -0.25) is 4.79 Å². The van der Waals surface area contributed by atoms with E-state index in [-0.39, 0.29) is 22.1 Å². The number of carbonyl (C=O) groups excluding carboxylic acids is 1. The molecule has 0 unspecified atom stereocenters. The number of aliphatic hydroxyl groups excluding tert-OH is 1. The number of hydrogen-bond donors (Lipinski definition) is 1. The molecule has 5 heteroatoms. The van der Waals surface area contributed by atoms with Crippen LogP contribution in [0.3, 0.4) is 0 Å². The zero-order valence-electron chi connectivity index (χ0n) is 9.32. The van der Waals surface area contributed by atoms with E-state index >= 15 is 0 Å². The van der Waals surface area contributed by atoms with Gasteiger partial charge < -0.3 is 10.0 Å². The minimum absolute atomic E-state index is 0.0214. The van der Waals surface area contributed by atoms with Gasteiger partial charge in [-0.1, -0.05) is 15.9 Å². The fraction of sp³-hybridized carbons (Fsp3) is 0.900. The summed E-state index contributed by atoms with van der Waals surface area (Å²) in [5, 5.41) is 9.76. The van der Waals surface area contributed by atoms with Crippen molar-refractivity contribution in [2.45, 2.75) is 54.3 Å². The van der Waals surface area contributed by atoms with Gasteiger partial charge in [0.1, 0.15) is 5.37 Å². The summed E-state index contributed by atoms with van der Waals surface area (Å²) in [6.07, 6.45) is -0.653. The molecule has 0 spiro atoms. The molecule has 1 N–H and O–H groups in total. The van der Waals surface area contributed by atoms with E-state index in [1.165, 1.54) is 0 Å². The zero-order chi connectivity index (χ0) is 11.6. The number of aliphatic hydroxyl groups is 1. The van der Waals surface area contributed by atoms with Gasteiger partial charge in [0.2, 0.25) is 5.91 Å². The van der Waals surface area contributed by atoms with Gasteiger partial charge in [-0.25, -0.2) is 0 Å². The number of halogens is 1. The lowest BCUT2D eigenvalue weighted by Crippen LogP contribution is -2.72. The average molecular weight is 294 g/mol. The maximum absolute atomic E-state index is 12.0. The summed E-state index contributed by atoms with van der Waals surface area (Å²) in [5.41, 5.74) is 0. The number of alkyl halides is 1. The van der Waals surface area contributed by atoms with Gasteiger partial charge in [0.15, 0.2) is 4.32 Å². The predicted octanol–water partition coefficient (Wildman–Crippen LogP) is 1.58. The van der Waals surface area contributed by atoms with Crippen molar-refractivity contribution in [2.75, 3.05) is 0 Å². The monoisotopic (exact) mass is 293 g/mol. The van der Waals surface area contributed by atoms with Gasteiger partial charge in [0.05, 0.1) is 6.10 Å². The molecule has 1 amide bonds. The highest BCUT2D eigenvalue weighted by Crippen LogP contribution is 2.58. The Bertz CT molecular complexity index is 321. The second-order valence-electron chi connectivity index (χ2n) is 4.91. The quantitative estimate of drug-likeness (QED) is 0.590. The van der Waals surface area contributed by atoms with Crippen LogP contribution >= 0.6 is 27.7 Å². The predicted molar refractivity (Wildman–Crippen MR) is 65.1 cm³/mol. The third kappa shape index (κ3) is 1.26. The summed E-state index contributed by atoms with van der Waals surface area (Å²) < 4.78 is -0.704. The summed E-state index contributed by atoms with van der Waals surface area (Å²) in [6, 6.07) is 0.226. The van der Waals surface area contributed by atoms with Crippen LogP contribution < -0.4 is 0 Å². The third-order valence-electron chi connectivity index (χ3n) is 3.62. The summed E-state index contributed by atoms with van der Waals surface area (Å²) in [7, 11) is 0. The molecule has 0 bridgehead atoms. The number of fused-ring (bicyclic) bond motifs is 1. The number of nitrogens with zero attached hydrogens (tertiary/aromatic N) is 1. The Morgan fingerprint density at radius 3 is 2.60 bits per heavy atom. The summed E-state index contributed by atoms with van der Waals surface area (Å²) >= 11 is 5.18. The molecule has 0 aliphatic carbocycles. The molecule has 0 saturated carbocycles. The van der Waals surface area contributed by atoms with E-state index in [0.29, 0.717) is 0 Å². The van der Waals surface area contributed by atoms with Crippen LogP contribution in [0, 0.1) is 0 Å². The Morgan fingerprint density at radius 1 is 1.60 bits per heavy atom. The average Bonchev–Trinajstić information content (AvgIpc) is 2.35. The van der Waals surface area contributed by atoms with Crippen LogP contribution in [0.5, 0.6) is 0 Å². The van der Waals surface area contributed by atoms with E-state index in [2.05, 4.69) is 36.7 Å². The van der Waals surface area contributed by atoms with E-state index in [0.717, 1.165) is 0 Å². The molecule has 0 aromatic rings. The first-order chi connectivity index (χ1) is 6.73. The fourth-order valence-corrected chi connectivity index (χ4v) is 4.63. The SMILES string of the molecule is C[C@@H]1N2C(=O)[C@](Br)([C@H](C)O)[C@H]2SC1(C)C. The Balaban J connectivity index is 2.31. The standard InChI is InChI=1S/C10H16BrNO2S/c1-5-9(3,4)15-8-10(11,6(2)13)7(14)12(5)8/h5-6,8,13H,1-4H3/t5-,6-,8+,10+/m0/s1. The van der Waals surface area contributed by atoms with E-state index in [4.69, 9.17) is 0 Å². The van der Waals surface area contributed by atoms with Crippen molar-refractivity contribution in [2.24, 2.45) is 0 Å². The molecule has 3 nitrogen and oxygen atoms in total. The molecule has 2 aliphatic rings. The molecular formula is C10H16BrNO2S. The summed E-state index contributed by atoms with van der Waals surface area (Å²) in [4.78, 5) is 13.9. The van der Waals surface area contributed by atoms with Crippen LogP contribution in [0.1, 0.15) is 27.7 Å². The molecule has 0 aromatic heterocycles. The van der Waals surface area contributed by atoms with Crippen LogP contribution in [0.25, 0.3) is 0 Å². The number of β-lactam (4-membered cyclic amide) rings is 1. The van der Waals surface area contributed by atoms with Crippen molar-refractivity contribution in [3.05, 3.63) is 0 Å². The first kappa shape index (κ1) is 11.7. The zero-order valence-corrected chi connectivity index (χ0v) is 11.7. The van der Waals surface area contributed by atoms with Crippen molar-refractivity contribution >= 4 is 33.6 Å².